The number of aliphatic hydroxyl groups excluding tert-OH is 1. The van der Waals surface area contributed by atoms with Crippen molar-refractivity contribution in [3.63, 3.8) is 0 Å². The number of benzene rings is 2. The first kappa shape index (κ1) is 20.6. The Morgan fingerprint density at radius 1 is 1.17 bits per heavy atom. The standard InChI is InChI=1S/C23H22BrNO5/c1-29-17-10-6-15(7-11-17)21(26)19-20(14-4-8-16(24)9-5-14)25(23(28)22(19)27)13-18-3-2-12-30-18/h4-11,18,20,26H,2-3,12-13H2,1H3/b21-19+/t18-,20-/m1/s1. The number of carbonyl (C=O) groups is 2. The van der Waals surface area contributed by atoms with Crippen LogP contribution in [-0.2, 0) is 14.3 Å². The van der Waals surface area contributed by atoms with Gasteiger partial charge < -0.3 is 19.5 Å². The Hall–Kier alpha value is -2.64. The summed E-state index contributed by atoms with van der Waals surface area (Å²) < 4.78 is 11.7. The first-order chi connectivity index (χ1) is 14.5. The number of ether oxygens (including phenoxy) is 2. The third kappa shape index (κ3) is 3.87. The molecule has 0 aliphatic carbocycles. The van der Waals surface area contributed by atoms with Crippen molar-refractivity contribution in [2.45, 2.75) is 25.0 Å². The second kappa shape index (κ2) is 8.62. The van der Waals surface area contributed by atoms with Crippen molar-refractivity contribution in [3.8, 4) is 5.75 Å². The molecule has 4 rings (SSSR count). The number of aliphatic hydroxyl groups is 1. The number of halogens is 1. The normalized spacial score (nSPS) is 23.2. The quantitative estimate of drug-likeness (QED) is 0.404. The number of amides is 1. The summed E-state index contributed by atoms with van der Waals surface area (Å²) in [6.45, 7) is 0.966. The highest BCUT2D eigenvalue weighted by Crippen LogP contribution is 2.40. The van der Waals surface area contributed by atoms with Gasteiger partial charge in [-0.25, -0.2) is 0 Å². The zero-order valence-electron chi connectivity index (χ0n) is 16.5. The molecule has 1 N–H and O–H groups in total. The van der Waals surface area contributed by atoms with E-state index in [0.29, 0.717) is 24.5 Å². The Labute approximate surface area is 183 Å². The lowest BCUT2D eigenvalue weighted by Gasteiger charge is -2.27. The Bertz CT molecular complexity index is 978. The molecule has 0 saturated carbocycles. The zero-order chi connectivity index (χ0) is 21.3. The van der Waals surface area contributed by atoms with Gasteiger partial charge in [0.1, 0.15) is 11.5 Å². The van der Waals surface area contributed by atoms with E-state index in [9.17, 15) is 14.7 Å². The van der Waals surface area contributed by atoms with Crippen molar-refractivity contribution in [3.05, 3.63) is 69.7 Å². The van der Waals surface area contributed by atoms with Gasteiger partial charge in [-0.15, -0.1) is 0 Å². The number of rotatable bonds is 5. The van der Waals surface area contributed by atoms with Crippen LogP contribution in [0.2, 0.25) is 0 Å². The molecule has 0 bridgehead atoms. The SMILES string of the molecule is COc1ccc(/C(O)=C2\C(=O)C(=O)N(C[C@H]3CCCO3)[C@@H]2c2ccc(Br)cc2)cc1. The van der Waals surface area contributed by atoms with E-state index in [4.69, 9.17) is 9.47 Å². The molecule has 6 nitrogen and oxygen atoms in total. The van der Waals surface area contributed by atoms with Crippen LogP contribution in [0.3, 0.4) is 0 Å². The highest BCUT2D eigenvalue weighted by molar-refractivity contribution is 9.10. The van der Waals surface area contributed by atoms with Crippen LogP contribution in [0.15, 0.2) is 58.6 Å². The van der Waals surface area contributed by atoms with E-state index < -0.39 is 17.7 Å². The van der Waals surface area contributed by atoms with Crippen molar-refractivity contribution in [1.82, 2.24) is 4.90 Å². The van der Waals surface area contributed by atoms with E-state index in [0.717, 1.165) is 22.9 Å². The zero-order valence-corrected chi connectivity index (χ0v) is 18.1. The molecule has 0 unspecified atom stereocenters. The van der Waals surface area contributed by atoms with Crippen molar-refractivity contribution in [1.29, 1.82) is 0 Å². The van der Waals surface area contributed by atoms with Crippen LogP contribution < -0.4 is 4.74 Å². The molecule has 2 saturated heterocycles. The van der Waals surface area contributed by atoms with E-state index >= 15 is 0 Å². The maximum Gasteiger partial charge on any atom is 0.295 e. The van der Waals surface area contributed by atoms with Crippen LogP contribution in [0.4, 0.5) is 0 Å². The Morgan fingerprint density at radius 2 is 1.87 bits per heavy atom. The Morgan fingerprint density at radius 3 is 2.47 bits per heavy atom. The molecule has 2 heterocycles. The minimum atomic E-state index is -0.686. The fourth-order valence-electron chi connectivity index (χ4n) is 3.97. The number of hydrogen-bond acceptors (Lipinski definition) is 5. The lowest BCUT2D eigenvalue weighted by molar-refractivity contribution is -0.140. The second-order valence-electron chi connectivity index (χ2n) is 7.37. The topological polar surface area (TPSA) is 76.1 Å². The number of likely N-dealkylation sites (tertiary alicyclic amines) is 1. The van der Waals surface area contributed by atoms with E-state index in [-0.39, 0.29) is 17.4 Å². The summed E-state index contributed by atoms with van der Waals surface area (Å²) in [6.07, 6.45) is 1.67. The predicted molar refractivity (Wildman–Crippen MR) is 115 cm³/mol. The van der Waals surface area contributed by atoms with Crippen LogP contribution in [-0.4, -0.2) is 48.1 Å². The average molecular weight is 472 g/mol. The van der Waals surface area contributed by atoms with Gasteiger partial charge in [0.05, 0.1) is 24.8 Å². The molecule has 0 spiro atoms. The largest absolute Gasteiger partial charge is 0.507 e. The van der Waals surface area contributed by atoms with Crippen LogP contribution in [0.25, 0.3) is 5.76 Å². The van der Waals surface area contributed by atoms with E-state index in [1.807, 2.05) is 24.3 Å². The Balaban J connectivity index is 1.80. The van der Waals surface area contributed by atoms with Gasteiger partial charge in [-0.3, -0.25) is 9.59 Å². The highest BCUT2D eigenvalue weighted by atomic mass is 79.9. The minimum absolute atomic E-state index is 0.0884. The van der Waals surface area contributed by atoms with Gasteiger partial charge in [-0.2, -0.15) is 0 Å². The van der Waals surface area contributed by atoms with E-state index in [1.54, 1.807) is 31.4 Å². The second-order valence-corrected chi connectivity index (χ2v) is 8.28. The number of methoxy groups -OCH3 is 1. The maximum absolute atomic E-state index is 13.0. The van der Waals surface area contributed by atoms with Gasteiger partial charge in [0, 0.05) is 23.2 Å². The summed E-state index contributed by atoms with van der Waals surface area (Å²) in [5.41, 5.74) is 1.30. The van der Waals surface area contributed by atoms with E-state index in [2.05, 4.69) is 15.9 Å². The van der Waals surface area contributed by atoms with Crippen molar-refractivity contribution in [2.24, 2.45) is 0 Å². The molecule has 7 heteroatoms. The van der Waals surface area contributed by atoms with Crippen LogP contribution in [0.5, 0.6) is 5.75 Å². The molecular formula is C23H22BrNO5. The number of ketones is 1. The van der Waals surface area contributed by atoms with Gasteiger partial charge in [0.2, 0.25) is 0 Å². The number of nitrogens with zero attached hydrogens (tertiary/aromatic N) is 1. The number of Topliss-reactive ketones (excluding diaryl/α,β-unsaturated/α-hetero) is 1. The third-order valence-corrected chi connectivity index (χ3v) is 6.04. The molecule has 2 fully saturated rings. The summed E-state index contributed by atoms with van der Waals surface area (Å²) in [4.78, 5) is 27.5. The molecule has 2 atom stereocenters. The first-order valence-electron chi connectivity index (χ1n) is 9.79. The van der Waals surface area contributed by atoms with Gasteiger partial charge in [0.25, 0.3) is 11.7 Å². The van der Waals surface area contributed by atoms with Crippen molar-refractivity contribution in [2.75, 3.05) is 20.3 Å². The molecule has 30 heavy (non-hydrogen) atoms. The number of hydrogen-bond donors (Lipinski definition) is 1. The maximum atomic E-state index is 13.0. The fourth-order valence-corrected chi connectivity index (χ4v) is 4.24. The molecule has 0 aromatic heterocycles. The first-order valence-corrected chi connectivity index (χ1v) is 10.6. The van der Waals surface area contributed by atoms with Gasteiger partial charge in [0.15, 0.2) is 0 Å². The molecule has 1 amide bonds. The lowest BCUT2D eigenvalue weighted by Crippen LogP contribution is -2.36. The molecule has 2 aromatic carbocycles. The third-order valence-electron chi connectivity index (χ3n) is 5.51. The minimum Gasteiger partial charge on any atom is -0.507 e. The van der Waals surface area contributed by atoms with Gasteiger partial charge in [-0.1, -0.05) is 28.1 Å². The summed E-state index contributed by atoms with van der Waals surface area (Å²) in [5, 5.41) is 11.0. The van der Waals surface area contributed by atoms with Crippen molar-refractivity contribution < 1.29 is 24.2 Å². The van der Waals surface area contributed by atoms with Gasteiger partial charge >= 0.3 is 0 Å². The summed E-state index contributed by atoms with van der Waals surface area (Å²) in [7, 11) is 1.55. The average Bonchev–Trinajstić information content (AvgIpc) is 3.36. The smallest absolute Gasteiger partial charge is 0.295 e. The van der Waals surface area contributed by atoms with Crippen molar-refractivity contribution >= 4 is 33.4 Å². The number of carbonyl (C=O) groups excluding carboxylic acids is 2. The molecule has 2 aliphatic rings. The lowest BCUT2D eigenvalue weighted by atomic mass is 9.95. The Kier molecular flexibility index (Phi) is 5.92. The molecule has 2 aromatic rings. The molecule has 2 aliphatic heterocycles. The van der Waals surface area contributed by atoms with Crippen LogP contribution in [0.1, 0.15) is 30.0 Å². The summed E-state index contributed by atoms with van der Waals surface area (Å²) >= 11 is 3.42. The fraction of sp³-hybridized carbons (Fsp3) is 0.304. The highest BCUT2D eigenvalue weighted by Gasteiger charge is 2.47. The van der Waals surface area contributed by atoms with Crippen LogP contribution >= 0.6 is 15.9 Å². The monoisotopic (exact) mass is 471 g/mol. The molecule has 0 radical (unpaired) electrons. The van der Waals surface area contributed by atoms with Gasteiger partial charge in [-0.05, 0) is 54.8 Å². The van der Waals surface area contributed by atoms with Crippen LogP contribution in [0, 0.1) is 0 Å². The van der Waals surface area contributed by atoms with E-state index in [1.165, 1.54) is 4.90 Å². The molecule has 156 valence electrons. The molecular weight excluding hydrogens is 450 g/mol. The summed E-state index contributed by atoms with van der Waals surface area (Å²) in [6, 6.07) is 13.5. The predicted octanol–water partition coefficient (Wildman–Crippen LogP) is 4.06. The summed E-state index contributed by atoms with van der Waals surface area (Å²) in [5.74, 6) is -0.865.